The Morgan fingerprint density at radius 1 is 1.19 bits per heavy atom. The molecule has 2 fully saturated rings. The summed E-state index contributed by atoms with van der Waals surface area (Å²) in [6.07, 6.45) is 5.20. The van der Waals surface area contributed by atoms with Crippen LogP contribution >= 0.6 is 0 Å². The van der Waals surface area contributed by atoms with Gasteiger partial charge in [0.05, 0.1) is 12.6 Å². The number of nitrogens with one attached hydrogen (secondary N) is 1. The number of hydrogen-bond donors (Lipinski definition) is 1. The molecule has 0 radical (unpaired) electrons. The fourth-order valence-corrected chi connectivity index (χ4v) is 2.86. The molecule has 2 aliphatic carbocycles. The van der Waals surface area contributed by atoms with Gasteiger partial charge in [-0.2, -0.15) is 0 Å². The molecular weight excluding hydrogens is 266 g/mol. The summed E-state index contributed by atoms with van der Waals surface area (Å²) in [7, 11) is 0. The normalized spacial score (nSPS) is 24.6. The summed E-state index contributed by atoms with van der Waals surface area (Å²) in [6.45, 7) is 2.58. The number of ether oxygens (including phenoxy) is 2. The molecule has 114 valence electrons. The number of amides is 1. The van der Waals surface area contributed by atoms with Crippen LogP contribution in [0.3, 0.4) is 0 Å². The molecule has 2 atom stereocenters. The van der Waals surface area contributed by atoms with Crippen molar-refractivity contribution in [1.29, 1.82) is 0 Å². The first-order valence-electron chi connectivity index (χ1n) is 7.96. The van der Waals surface area contributed by atoms with Gasteiger partial charge in [-0.05, 0) is 51.2 Å². The van der Waals surface area contributed by atoms with Crippen molar-refractivity contribution in [1.82, 2.24) is 5.32 Å². The third-order valence-corrected chi connectivity index (χ3v) is 4.16. The quantitative estimate of drug-likeness (QED) is 0.876. The van der Waals surface area contributed by atoms with Crippen LogP contribution in [0.25, 0.3) is 0 Å². The van der Waals surface area contributed by atoms with Gasteiger partial charge in [-0.1, -0.05) is 12.1 Å². The van der Waals surface area contributed by atoms with Gasteiger partial charge in [0.2, 0.25) is 5.91 Å². The van der Waals surface area contributed by atoms with E-state index in [1.807, 2.05) is 31.2 Å². The van der Waals surface area contributed by atoms with E-state index < -0.39 is 0 Å². The summed E-state index contributed by atoms with van der Waals surface area (Å²) >= 11 is 0. The van der Waals surface area contributed by atoms with Crippen LogP contribution < -0.4 is 14.8 Å². The van der Waals surface area contributed by atoms with Gasteiger partial charge in [0.25, 0.3) is 0 Å². The van der Waals surface area contributed by atoms with Crippen LogP contribution in [0, 0.1) is 5.92 Å². The maximum Gasteiger partial charge on any atom is 0.223 e. The zero-order valence-corrected chi connectivity index (χ0v) is 12.5. The SMILES string of the molecule is CCOc1ccccc1OC1CCCC1NC(=O)C1CC1. The highest BCUT2D eigenvalue weighted by Gasteiger charge is 2.35. The topological polar surface area (TPSA) is 47.6 Å². The van der Waals surface area contributed by atoms with Crippen molar-refractivity contribution in [3.8, 4) is 11.5 Å². The maximum atomic E-state index is 11.9. The molecule has 1 amide bonds. The predicted octanol–water partition coefficient (Wildman–Crippen LogP) is 2.91. The lowest BCUT2D eigenvalue weighted by Gasteiger charge is -2.23. The van der Waals surface area contributed by atoms with Gasteiger partial charge in [0, 0.05) is 5.92 Å². The first-order chi connectivity index (χ1) is 10.3. The Labute approximate surface area is 125 Å². The van der Waals surface area contributed by atoms with Gasteiger partial charge in [0.1, 0.15) is 6.10 Å². The fraction of sp³-hybridized carbons (Fsp3) is 0.588. The minimum absolute atomic E-state index is 0.0503. The molecule has 4 nitrogen and oxygen atoms in total. The van der Waals surface area contributed by atoms with Crippen LogP contribution in [0.15, 0.2) is 24.3 Å². The molecule has 2 unspecified atom stereocenters. The molecule has 0 bridgehead atoms. The molecule has 0 spiro atoms. The van der Waals surface area contributed by atoms with Gasteiger partial charge >= 0.3 is 0 Å². The first-order valence-corrected chi connectivity index (χ1v) is 7.96. The second-order valence-corrected chi connectivity index (χ2v) is 5.86. The Morgan fingerprint density at radius 3 is 2.67 bits per heavy atom. The Balaban J connectivity index is 1.64. The summed E-state index contributed by atoms with van der Waals surface area (Å²) in [5.41, 5.74) is 0. The molecule has 2 saturated carbocycles. The summed E-state index contributed by atoms with van der Waals surface area (Å²) in [5, 5.41) is 3.16. The van der Waals surface area contributed by atoms with E-state index >= 15 is 0 Å². The zero-order valence-electron chi connectivity index (χ0n) is 12.5. The van der Waals surface area contributed by atoms with Gasteiger partial charge in [-0.3, -0.25) is 4.79 Å². The van der Waals surface area contributed by atoms with E-state index in [2.05, 4.69) is 5.32 Å². The number of carbonyl (C=O) groups excluding carboxylic acids is 1. The molecule has 2 aliphatic rings. The van der Waals surface area contributed by atoms with Gasteiger partial charge < -0.3 is 14.8 Å². The predicted molar refractivity (Wildman–Crippen MR) is 80.5 cm³/mol. The Hall–Kier alpha value is -1.71. The third-order valence-electron chi connectivity index (χ3n) is 4.16. The number of para-hydroxylation sites is 2. The number of hydrogen-bond acceptors (Lipinski definition) is 3. The van der Waals surface area contributed by atoms with Crippen molar-refractivity contribution in [3.63, 3.8) is 0 Å². The highest BCUT2D eigenvalue weighted by Crippen LogP contribution is 2.33. The van der Waals surface area contributed by atoms with E-state index in [1.54, 1.807) is 0 Å². The van der Waals surface area contributed by atoms with Crippen molar-refractivity contribution in [2.24, 2.45) is 5.92 Å². The number of rotatable bonds is 6. The zero-order chi connectivity index (χ0) is 14.7. The average Bonchev–Trinajstić information content (AvgIpc) is 3.25. The van der Waals surface area contributed by atoms with E-state index in [1.165, 1.54) is 0 Å². The van der Waals surface area contributed by atoms with E-state index in [4.69, 9.17) is 9.47 Å². The summed E-state index contributed by atoms with van der Waals surface area (Å²) < 4.78 is 11.7. The lowest BCUT2D eigenvalue weighted by Crippen LogP contribution is -2.43. The second kappa shape index (κ2) is 6.37. The molecule has 0 saturated heterocycles. The molecule has 1 aromatic rings. The summed E-state index contributed by atoms with van der Waals surface area (Å²) in [6, 6.07) is 7.88. The molecule has 4 heteroatoms. The number of benzene rings is 1. The van der Waals surface area contributed by atoms with Crippen molar-refractivity contribution in [2.75, 3.05) is 6.61 Å². The Bertz CT molecular complexity index is 499. The van der Waals surface area contributed by atoms with E-state index in [0.29, 0.717) is 6.61 Å². The van der Waals surface area contributed by atoms with Crippen molar-refractivity contribution in [2.45, 2.75) is 51.2 Å². The van der Waals surface area contributed by atoms with Crippen molar-refractivity contribution in [3.05, 3.63) is 24.3 Å². The molecule has 0 heterocycles. The highest BCUT2D eigenvalue weighted by molar-refractivity contribution is 5.81. The monoisotopic (exact) mass is 289 g/mol. The number of carbonyl (C=O) groups is 1. The van der Waals surface area contributed by atoms with Crippen LogP contribution in [-0.4, -0.2) is 24.7 Å². The molecule has 21 heavy (non-hydrogen) atoms. The standard InChI is InChI=1S/C17H23NO3/c1-2-20-15-7-3-4-8-16(15)21-14-9-5-6-13(14)18-17(19)12-10-11-12/h3-4,7-8,12-14H,2,5-6,9-11H2,1H3,(H,18,19). The summed E-state index contributed by atoms with van der Waals surface area (Å²) in [5.74, 6) is 2.01. The Kier molecular flexibility index (Phi) is 4.32. The van der Waals surface area contributed by atoms with Gasteiger partial charge in [0.15, 0.2) is 11.5 Å². The van der Waals surface area contributed by atoms with Gasteiger partial charge in [-0.25, -0.2) is 0 Å². The van der Waals surface area contributed by atoms with E-state index in [9.17, 15) is 4.79 Å². The van der Waals surface area contributed by atoms with Crippen LogP contribution in [0.2, 0.25) is 0 Å². The maximum absolute atomic E-state index is 11.9. The van der Waals surface area contributed by atoms with Gasteiger partial charge in [-0.15, -0.1) is 0 Å². The molecule has 1 N–H and O–H groups in total. The van der Waals surface area contributed by atoms with Crippen LogP contribution in [-0.2, 0) is 4.79 Å². The van der Waals surface area contributed by atoms with E-state index in [-0.39, 0.29) is 24.0 Å². The largest absolute Gasteiger partial charge is 0.490 e. The Morgan fingerprint density at radius 2 is 1.95 bits per heavy atom. The second-order valence-electron chi connectivity index (χ2n) is 5.86. The van der Waals surface area contributed by atoms with E-state index in [0.717, 1.165) is 43.6 Å². The third kappa shape index (κ3) is 3.49. The highest BCUT2D eigenvalue weighted by atomic mass is 16.5. The van der Waals surface area contributed by atoms with Crippen LogP contribution in [0.1, 0.15) is 39.0 Å². The molecule has 0 aliphatic heterocycles. The minimum Gasteiger partial charge on any atom is -0.490 e. The summed E-state index contributed by atoms with van der Waals surface area (Å²) in [4.78, 5) is 11.9. The minimum atomic E-state index is 0.0503. The molecular formula is C17H23NO3. The fourth-order valence-electron chi connectivity index (χ4n) is 2.86. The van der Waals surface area contributed by atoms with Crippen LogP contribution in [0.5, 0.6) is 11.5 Å². The molecule has 1 aromatic carbocycles. The average molecular weight is 289 g/mol. The lowest BCUT2D eigenvalue weighted by atomic mass is 10.2. The molecule has 0 aromatic heterocycles. The first kappa shape index (κ1) is 14.2. The van der Waals surface area contributed by atoms with Crippen molar-refractivity contribution < 1.29 is 14.3 Å². The lowest BCUT2D eigenvalue weighted by molar-refractivity contribution is -0.123. The molecule has 3 rings (SSSR count). The smallest absolute Gasteiger partial charge is 0.223 e. The van der Waals surface area contributed by atoms with Crippen molar-refractivity contribution >= 4 is 5.91 Å². The van der Waals surface area contributed by atoms with Crippen LogP contribution in [0.4, 0.5) is 0 Å².